The molecule has 1 fully saturated rings. The Morgan fingerprint density at radius 2 is 2.16 bits per heavy atom. The number of aromatic amines is 1. The van der Waals surface area contributed by atoms with E-state index in [1.54, 1.807) is 13.2 Å². The highest BCUT2D eigenvalue weighted by Crippen LogP contribution is 2.22. The highest BCUT2D eigenvalue weighted by molar-refractivity contribution is 7.85. The van der Waals surface area contributed by atoms with Gasteiger partial charge in [0, 0.05) is 35.4 Å². The Kier molecular flexibility index (Phi) is 3.33. The number of rotatable bonds is 3. The summed E-state index contributed by atoms with van der Waals surface area (Å²) in [6.07, 6.45) is 3.54. The second kappa shape index (κ2) is 5.12. The third kappa shape index (κ3) is 2.53. The minimum absolute atomic E-state index is 0.315. The molecule has 3 heterocycles. The summed E-state index contributed by atoms with van der Waals surface area (Å²) in [7, 11) is 1.13. The molecule has 0 aromatic carbocycles. The van der Waals surface area contributed by atoms with Crippen molar-refractivity contribution >= 4 is 33.6 Å². The summed E-state index contributed by atoms with van der Waals surface area (Å²) < 4.78 is 11.4. The number of hydrogen-bond donors (Lipinski definition) is 3. The average molecular weight is 280 g/mol. The number of nitrogens with zero attached hydrogens (tertiary/aromatic N) is 3. The van der Waals surface area contributed by atoms with Gasteiger partial charge in [0.15, 0.2) is 5.65 Å². The van der Waals surface area contributed by atoms with Crippen LogP contribution in [0.2, 0.25) is 0 Å². The van der Waals surface area contributed by atoms with Crippen LogP contribution in [0, 0.1) is 0 Å². The summed E-state index contributed by atoms with van der Waals surface area (Å²) >= 11 is 0. The first-order chi connectivity index (χ1) is 9.26. The van der Waals surface area contributed by atoms with Crippen molar-refractivity contribution in [1.82, 2.24) is 20.2 Å². The molecule has 1 aliphatic rings. The highest BCUT2D eigenvalue weighted by Gasteiger charge is 2.19. The molecule has 3 rings (SSSR count). The monoisotopic (exact) mass is 280 g/mol. The van der Waals surface area contributed by atoms with Gasteiger partial charge in [-0.15, -0.1) is 0 Å². The number of hydrogen-bond acceptors (Lipinski definition) is 6. The van der Waals surface area contributed by atoms with Crippen LogP contribution >= 0.6 is 0 Å². The van der Waals surface area contributed by atoms with Crippen LogP contribution in [0.4, 0.5) is 11.8 Å². The highest BCUT2D eigenvalue weighted by atomic mass is 32.2. The van der Waals surface area contributed by atoms with Crippen LogP contribution in [0.3, 0.4) is 0 Å². The predicted octanol–water partition coefficient (Wildman–Crippen LogP) is 0.718. The molecule has 1 aliphatic heterocycles. The molecule has 2 aromatic rings. The van der Waals surface area contributed by atoms with E-state index < -0.39 is 10.8 Å². The summed E-state index contributed by atoms with van der Waals surface area (Å²) in [5, 5.41) is 14.1. The van der Waals surface area contributed by atoms with Crippen molar-refractivity contribution in [2.75, 3.05) is 29.2 Å². The van der Waals surface area contributed by atoms with Crippen molar-refractivity contribution in [3.63, 3.8) is 0 Å². The third-order valence-corrected chi connectivity index (χ3v) is 4.64. The van der Waals surface area contributed by atoms with Gasteiger partial charge in [0.25, 0.3) is 0 Å². The first-order valence-corrected chi connectivity index (χ1v) is 7.75. The molecule has 0 radical (unpaired) electrons. The Morgan fingerprint density at radius 3 is 2.89 bits per heavy atom. The zero-order chi connectivity index (χ0) is 13.2. The maximum absolute atomic E-state index is 11.4. The summed E-state index contributed by atoms with van der Waals surface area (Å²) in [4.78, 5) is 8.73. The number of anilines is 2. The van der Waals surface area contributed by atoms with Crippen molar-refractivity contribution in [3.05, 3.63) is 6.20 Å². The van der Waals surface area contributed by atoms with Crippen LogP contribution in [0.15, 0.2) is 6.20 Å². The topological polar surface area (TPSA) is 95.6 Å². The van der Waals surface area contributed by atoms with Crippen molar-refractivity contribution in [1.29, 1.82) is 0 Å². The zero-order valence-electron chi connectivity index (χ0n) is 10.6. The molecule has 1 saturated heterocycles. The van der Waals surface area contributed by atoms with E-state index in [9.17, 15) is 4.21 Å². The summed E-state index contributed by atoms with van der Waals surface area (Å²) in [6.45, 7) is 0. The van der Waals surface area contributed by atoms with E-state index in [-0.39, 0.29) is 0 Å². The molecule has 3 N–H and O–H groups in total. The average Bonchev–Trinajstić information content (AvgIpc) is 2.89. The summed E-state index contributed by atoms with van der Waals surface area (Å²) in [5.41, 5.74) is 0.709. The molecule has 0 aliphatic carbocycles. The second-order valence-electron chi connectivity index (χ2n) is 4.54. The molecule has 0 unspecified atom stereocenters. The Morgan fingerprint density at radius 1 is 1.37 bits per heavy atom. The maximum atomic E-state index is 11.4. The van der Waals surface area contributed by atoms with Gasteiger partial charge < -0.3 is 10.6 Å². The molecular weight excluding hydrogens is 264 g/mol. The normalized spacial score (nSPS) is 23.4. The largest absolute Gasteiger partial charge is 0.366 e. The first-order valence-electron chi connectivity index (χ1n) is 6.26. The first kappa shape index (κ1) is 12.3. The van der Waals surface area contributed by atoms with E-state index in [2.05, 4.69) is 30.8 Å². The van der Waals surface area contributed by atoms with Gasteiger partial charge in [-0.05, 0) is 12.8 Å². The number of aromatic nitrogens is 4. The number of fused-ring (bicyclic) bond motifs is 1. The molecule has 0 amide bonds. The molecular formula is C11H16N6OS. The molecule has 8 heteroatoms. The lowest BCUT2D eigenvalue weighted by Gasteiger charge is -2.23. The standard InChI is InChI=1S/C11H16N6OS/c1-12-11-15-9(8-6-13-17-10(8)16-11)14-7-2-4-19(18)5-3-7/h6-7H,2-5H2,1H3,(H3,12,13,14,15,16,17). The van der Waals surface area contributed by atoms with Crippen molar-refractivity contribution in [3.8, 4) is 0 Å². The van der Waals surface area contributed by atoms with Crippen LogP contribution in [0.25, 0.3) is 11.0 Å². The van der Waals surface area contributed by atoms with Gasteiger partial charge >= 0.3 is 0 Å². The van der Waals surface area contributed by atoms with E-state index in [4.69, 9.17) is 0 Å². The van der Waals surface area contributed by atoms with E-state index >= 15 is 0 Å². The Labute approximate surface area is 113 Å². The lowest BCUT2D eigenvalue weighted by Crippen LogP contribution is -2.29. The van der Waals surface area contributed by atoms with Crippen LogP contribution in [0.1, 0.15) is 12.8 Å². The Balaban J connectivity index is 1.87. The molecule has 0 spiro atoms. The Hall–Kier alpha value is -1.70. The van der Waals surface area contributed by atoms with E-state index in [0.29, 0.717) is 17.6 Å². The fourth-order valence-electron chi connectivity index (χ4n) is 2.19. The van der Waals surface area contributed by atoms with Crippen molar-refractivity contribution in [2.24, 2.45) is 0 Å². The van der Waals surface area contributed by atoms with Gasteiger partial charge in [-0.25, -0.2) is 0 Å². The van der Waals surface area contributed by atoms with Gasteiger partial charge in [0.05, 0.1) is 11.6 Å². The maximum Gasteiger partial charge on any atom is 0.226 e. The van der Waals surface area contributed by atoms with Crippen LogP contribution < -0.4 is 10.6 Å². The van der Waals surface area contributed by atoms with Crippen molar-refractivity contribution in [2.45, 2.75) is 18.9 Å². The van der Waals surface area contributed by atoms with Crippen molar-refractivity contribution < 1.29 is 4.21 Å². The fraction of sp³-hybridized carbons (Fsp3) is 0.545. The quantitative estimate of drug-likeness (QED) is 0.766. The van der Waals surface area contributed by atoms with Gasteiger partial charge in [-0.3, -0.25) is 9.31 Å². The SMILES string of the molecule is CNc1nc(NC2CCS(=O)CC2)c2cn[nH]c2n1. The zero-order valence-corrected chi connectivity index (χ0v) is 11.5. The lowest BCUT2D eigenvalue weighted by molar-refractivity contribution is 0.623. The minimum atomic E-state index is -0.648. The van der Waals surface area contributed by atoms with E-state index in [1.165, 1.54) is 0 Å². The number of nitrogens with one attached hydrogen (secondary N) is 3. The van der Waals surface area contributed by atoms with E-state index in [0.717, 1.165) is 35.6 Å². The second-order valence-corrected chi connectivity index (χ2v) is 6.24. The Bertz CT molecular complexity index is 602. The predicted molar refractivity (Wildman–Crippen MR) is 75.8 cm³/mol. The van der Waals surface area contributed by atoms with Gasteiger partial charge in [-0.2, -0.15) is 15.1 Å². The lowest BCUT2D eigenvalue weighted by atomic mass is 10.1. The van der Waals surface area contributed by atoms with Gasteiger partial charge in [0.1, 0.15) is 5.82 Å². The molecule has 102 valence electrons. The summed E-state index contributed by atoms with van der Waals surface area (Å²) in [5.74, 6) is 2.85. The van der Waals surface area contributed by atoms with Crippen LogP contribution in [-0.4, -0.2) is 49.0 Å². The molecule has 0 saturated carbocycles. The molecule has 0 bridgehead atoms. The smallest absolute Gasteiger partial charge is 0.226 e. The van der Waals surface area contributed by atoms with Crippen LogP contribution in [-0.2, 0) is 10.8 Å². The van der Waals surface area contributed by atoms with Crippen LogP contribution in [0.5, 0.6) is 0 Å². The molecule has 0 atom stereocenters. The molecule has 7 nitrogen and oxygen atoms in total. The fourth-order valence-corrected chi connectivity index (χ4v) is 3.49. The minimum Gasteiger partial charge on any atom is -0.366 e. The molecule has 19 heavy (non-hydrogen) atoms. The van der Waals surface area contributed by atoms with E-state index in [1.807, 2.05) is 0 Å². The third-order valence-electron chi connectivity index (χ3n) is 3.26. The number of H-pyrrole nitrogens is 1. The van der Waals surface area contributed by atoms with Gasteiger partial charge in [-0.1, -0.05) is 0 Å². The summed E-state index contributed by atoms with van der Waals surface area (Å²) in [6, 6.07) is 0.315. The van der Waals surface area contributed by atoms with Gasteiger partial charge in [0.2, 0.25) is 5.95 Å². The molecule has 2 aromatic heterocycles.